The standard InChI is InChI=1S/C11H14ClNO5/c1-2-18-9(16)5-8(15)10(17)6-3-4-7(14)11(12)13-6/h3-4,8,10,14-15,17H,2,5H2,1H3. The fraction of sp³-hybridized carbons (Fsp3) is 0.455. The highest BCUT2D eigenvalue weighted by Gasteiger charge is 2.23. The van der Waals surface area contributed by atoms with E-state index in [0.717, 1.165) is 0 Å². The number of carbonyl (C=O) groups is 1. The van der Waals surface area contributed by atoms with E-state index in [1.807, 2.05) is 0 Å². The molecule has 0 saturated carbocycles. The number of aliphatic hydroxyl groups excluding tert-OH is 2. The Morgan fingerprint density at radius 2 is 2.17 bits per heavy atom. The zero-order chi connectivity index (χ0) is 13.7. The first-order valence-corrected chi connectivity index (χ1v) is 5.70. The quantitative estimate of drug-likeness (QED) is 0.543. The number of rotatable bonds is 5. The van der Waals surface area contributed by atoms with Crippen LogP contribution in [0.25, 0.3) is 0 Å². The lowest BCUT2D eigenvalue weighted by atomic mass is 10.1. The van der Waals surface area contributed by atoms with Crippen LogP contribution in [-0.4, -0.2) is 39.0 Å². The zero-order valence-electron chi connectivity index (χ0n) is 9.71. The molecule has 7 heteroatoms. The molecule has 18 heavy (non-hydrogen) atoms. The van der Waals surface area contributed by atoms with Crippen molar-refractivity contribution in [2.24, 2.45) is 0 Å². The Kier molecular flexibility index (Phi) is 5.33. The van der Waals surface area contributed by atoms with Crippen molar-refractivity contribution in [3.05, 3.63) is 23.0 Å². The molecule has 100 valence electrons. The van der Waals surface area contributed by atoms with E-state index in [9.17, 15) is 15.0 Å². The van der Waals surface area contributed by atoms with Crippen LogP contribution in [0.4, 0.5) is 0 Å². The van der Waals surface area contributed by atoms with Gasteiger partial charge in [0, 0.05) is 0 Å². The van der Waals surface area contributed by atoms with Crippen LogP contribution < -0.4 is 0 Å². The molecule has 1 heterocycles. The molecule has 3 N–H and O–H groups in total. The smallest absolute Gasteiger partial charge is 0.308 e. The van der Waals surface area contributed by atoms with Crippen molar-refractivity contribution in [2.45, 2.75) is 25.6 Å². The van der Waals surface area contributed by atoms with Crippen LogP contribution in [0.2, 0.25) is 5.15 Å². The molecule has 0 aliphatic carbocycles. The van der Waals surface area contributed by atoms with Crippen molar-refractivity contribution in [1.82, 2.24) is 4.98 Å². The van der Waals surface area contributed by atoms with E-state index in [2.05, 4.69) is 9.72 Å². The summed E-state index contributed by atoms with van der Waals surface area (Å²) in [5.41, 5.74) is 0.0644. The van der Waals surface area contributed by atoms with Gasteiger partial charge in [0.05, 0.1) is 24.8 Å². The van der Waals surface area contributed by atoms with Gasteiger partial charge in [-0.3, -0.25) is 4.79 Å². The number of nitrogens with zero attached hydrogens (tertiary/aromatic N) is 1. The van der Waals surface area contributed by atoms with Gasteiger partial charge in [-0.1, -0.05) is 11.6 Å². The van der Waals surface area contributed by atoms with Crippen LogP contribution in [0, 0.1) is 0 Å². The van der Waals surface area contributed by atoms with E-state index in [4.69, 9.17) is 16.7 Å². The van der Waals surface area contributed by atoms with Gasteiger partial charge in [0.15, 0.2) is 10.9 Å². The second kappa shape index (κ2) is 6.53. The maximum absolute atomic E-state index is 11.1. The van der Waals surface area contributed by atoms with Gasteiger partial charge in [-0.25, -0.2) is 4.98 Å². The number of carbonyl (C=O) groups excluding carboxylic acids is 1. The lowest BCUT2D eigenvalue weighted by molar-refractivity contribution is -0.147. The van der Waals surface area contributed by atoms with E-state index in [1.54, 1.807) is 6.92 Å². The highest BCUT2D eigenvalue weighted by molar-refractivity contribution is 6.30. The van der Waals surface area contributed by atoms with Gasteiger partial charge in [-0.15, -0.1) is 0 Å². The molecule has 0 aliphatic heterocycles. The van der Waals surface area contributed by atoms with E-state index in [-0.39, 0.29) is 29.6 Å². The molecule has 1 aromatic heterocycles. The van der Waals surface area contributed by atoms with Gasteiger partial charge in [0.2, 0.25) is 0 Å². The molecule has 0 amide bonds. The lowest BCUT2D eigenvalue weighted by Gasteiger charge is -2.16. The number of pyridine rings is 1. The molecule has 0 fully saturated rings. The van der Waals surface area contributed by atoms with Crippen molar-refractivity contribution in [1.29, 1.82) is 0 Å². The topological polar surface area (TPSA) is 99.9 Å². The molecule has 1 rings (SSSR count). The summed E-state index contributed by atoms with van der Waals surface area (Å²) in [5.74, 6) is -0.846. The molecular weight excluding hydrogens is 262 g/mol. The highest BCUT2D eigenvalue weighted by Crippen LogP contribution is 2.25. The molecule has 0 aliphatic rings. The number of aliphatic hydroxyl groups is 2. The normalized spacial score (nSPS) is 14.0. The lowest BCUT2D eigenvalue weighted by Crippen LogP contribution is -2.23. The number of ether oxygens (including phenoxy) is 1. The average molecular weight is 276 g/mol. The number of esters is 1. The molecule has 0 aromatic carbocycles. The molecule has 1 aromatic rings. The van der Waals surface area contributed by atoms with Crippen LogP contribution >= 0.6 is 11.6 Å². The van der Waals surface area contributed by atoms with E-state index in [1.165, 1.54) is 12.1 Å². The van der Waals surface area contributed by atoms with Crippen molar-refractivity contribution in [2.75, 3.05) is 6.61 Å². The first-order valence-electron chi connectivity index (χ1n) is 5.32. The zero-order valence-corrected chi connectivity index (χ0v) is 10.5. The Morgan fingerprint density at radius 3 is 2.72 bits per heavy atom. The predicted octanol–water partition coefficient (Wildman–Crippen LogP) is 0.788. The second-order valence-corrected chi connectivity index (χ2v) is 3.93. The second-order valence-electron chi connectivity index (χ2n) is 3.57. The summed E-state index contributed by atoms with van der Waals surface area (Å²) in [7, 11) is 0. The third kappa shape index (κ3) is 3.83. The van der Waals surface area contributed by atoms with Crippen molar-refractivity contribution in [3.63, 3.8) is 0 Å². The first-order chi connectivity index (χ1) is 8.45. The van der Waals surface area contributed by atoms with Gasteiger partial charge in [-0.05, 0) is 19.1 Å². The Bertz CT molecular complexity index is 426. The molecule has 2 unspecified atom stereocenters. The van der Waals surface area contributed by atoms with Crippen LogP contribution in [0.5, 0.6) is 5.75 Å². The third-order valence-electron chi connectivity index (χ3n) is 2.20. The fourth-order valence-electron chi connectivity index (χ4n) is 1.31. The van der Waals surface area contributed by atoms with Crippen molar-refractivity contribution in [3.8, 4) is 5.75 Å². The predicted molar refractivity (Wildman–Crippen MR) is 63.1 cm³/mol. The van der Waals surface area contributed by atoms with Crippen LogP contribution in [-0.2, 0) is 9.53 Å². The molecule has 0 radical (unpaired) electrons. The Hall–Kier alpha value is -1.37. The average Bonchev–Trinajstić information content (AvgIpc) is 2.32. The fourth-order valence-corrected chi connectivity index (χ4v) is 1.47. The maximum atomic E-state index is 11.1. The first kappa shape index (κ1) is 14.7. The van der Waals surface area contributed by atoms with Gasteiger partial charge in [0.25, 0.3) is 0 Å². The van der Waals surface area contributed by atoms with Crippen molar-refractivity contribution < 1.29 is 24.9 Å². The highest BCUT2D eigenvalue weighted by atomic mass is 35.5. The minimum atomic E-state index is -1.38. The minimum absolute atomic E-state index is 0.0644. The van der Waals surface area contributed by atoms with E-state index < -0.39 is 18.2 Å². The molecule has 0 saturated heterocycles. The summed E-state index contributed by atoms with van der Waals surface area (Å²) < 4.78 is 4.64. The summed E-state index contributed by atoms with van der Waals surface area (Å²) in [6.07, 6.45) is -3.08. The summed E-state index contributed by atoms with van der Waals surface area (Å²) >= 11 is 5.57. The van der Waals surface area contributed by atoms with Crippen LogP contribution in [0.1, 0.15) is 25.1 Å². The number of aromatic hydroxyl groups is 1. The summed E-state index contributed by atoms with van der Waals surface area (Å²) in [5, 5.41) is 28.4. The largest absolute Gasteiger partial charge is 0.505 e. The summed E-state index contributed by atoms with van der Waals surface area (Å²) in [6, 6.07) is 2.55. The maximum Gasteiger partial charge on any atom is 0.308 e. The number of aromatic nitrogens is 1. The van der Waals surface area contributed by atoms with Crippen molar-refractivity contribution >= 4 is 17.6 Å². The minimum Gasteiger partial charge on any atom is -0.505 e. The van der Waals surface area contributed by atoms with E-state index >= 15 is 0 Å². The summed E-state index contributed by atoms with van der Waals surface area (Å²) in [4.78, 5) is 14.8. The molecular formula is C11H14ClNO5. The Labute approximate surface area is 109 Å². The van der Waals surface area contributed by atoms with Gasteiger partial charge in [0.1, 0.15) is 6.10 Å². The summed E-state index contributed by atoms with van der Waals surface area (Å²) in [6.45, 7) is 1.84. The number of halogens is 1. The van der Waals surface area contributed by atoms with Crippen LogP contribution in [0.3, 0.4) is 0 Å². The number of hydrogen-bond acceptors (Lipinski definition) is 6. The van der Waals surface area contributed by atoms with Gasteiger partial charge < -0.3 is 20.1 Å². The Morgan fingerprint density at radius 1 is 1.50 bits per heavy atom. The Balaban J connectivity index is 2.70. The molecule has 0 bridgehead atoms. The molecule has 6 nitrogen and oxygen atoms in total. The van der Waals surface area contributed by atoms with Crippen LogP contribution in [0.15, 0.2) is 12.1 Å². The monoisotopic (exact) mass is 275 g/mol. The molecule has 0 spiro atoms. The SMILES string of the molecule is CCOC(=O)CC(O)C(O)c1ccc(O)c(Cl)n1. The van der Waals surface area contributed by atoms with E-state index in [0.29, 0.717) is 0 Å². The third-order valence-corrected chi connectivity index (χ3v) is 2.48. The van der Waals surface area contributed by atoms with Gasteiger partial charge >= 0.3 is 5.97 Å². The molecule has 2 atom stereocenters. The van der Waals surface area contributed by atoms with Gasteiger partial charge in [-0.2, -0.15) is 0 Å². The number of hydrogen-bond donors (Lipinski definition) is 3.